The molecule has 0 unspecified atom stereocenters. The minimum absolute atomic E-state index is 0.838. The minimum atomic E-state index is 0.838. The average Bonchev–Trinajstić information content (AvgIpc) is 2.76. The number of nitrogens with one attached hydrogen (secondary N) is 2. The van der Waals surface area contributed by atoms with E-state index in [4.69, 9.17) is 0 Å². The first-order chi connectivity index (χ1) is 7.72. The highest BCUT2D eigenvalue weighted by atomic mass is 15.0. The van der Waals surface area contributed by atoms with Crippen molar-refractivity contribution in [1.82, 2.24) is 15.0 Å². The molecule has 0 aromatic carbocycles. The van der Waals surface area contributed by atoms with Crippen LogP contribution in [0.15, 0.2) is 18.3 Å². The molecule has 2 aromatic heterocycles. The fourth-order valence-electron chi connectivity index (χ4n) is 1.56. The third kappa shape index (κ3) is 1.91. The maximum atomic E-state index is 4.58. The fourth-order valence-corrected chi connectivity index (χ4v) is 1.56. The molecule has 4 heteroatoms. The Labute approximate surface area is 95.1 Å². The first-order valence-corrected chi connectivity index (χ1v) is 5.45. The van der Waals surface area contributed by atoms with Gasteiger partial charge in [0.05, 0.1) is 17.1 Å². The SMILES string of the molecule is CCNc1nc(C)c(C)nc1-c1ccc[nH]1. The van der Waals surface area contributed by atoms with Gasteiger partial charge in [-0.15, -0.1) is 0 Å². The molecule has 0 bridgehead atoms. The van der Waals surface area contributed by atoms with Crippen molar-refractivity contribution in [2.45, 2.75) is 20.8 Å². The number of rotatable bonds is 3. The molecule has 2 rings (SSSR count). The third-order valence-corrected chi connectivity index (χ3v) is 2.50. The second kappa shape index (κ2) is 4.35. The molecule has 0 spiro atoms. The summed E-state index contributed by atoms with van der Waals surface area (Å²) in [6.45, 7) is 6.84. The van der Waals surface area contributed by atoms with Crippen molar-refractivity contribution in [2.24, 2.45) is 0 Å². The van der Waals surface area contributed by atoms with Crippen molar-refractivity contribution in [3.63, 3.8) is 0 Å². The number of anilines is 1. The number of aromatic amines is 1. The Kier molecular flexibility index (Phi) is 2.90. The summed E-state index contributed by atoms with van der Waals surface area (Å²) in [5.41, 5.74) is 3.80. The van der Waals surface area contributed by atoms with E-state index in [-0.39, 0.29) is 0 Å². The molecule has 16 heavy (non-hydrogen) atoms. The van der Waals surface area contributed by atoms with E-state index in [2.05, 4.69) is 27.2 Å². The van der Waals surface area contributed by atoms with Gasteiger partial charge in [-0.2, -0.15) is 0 Å². The van der Waals surface area contributed by atoms with Crippen molar-refractivity contribution < 1.29 is 0 Å². The predicted octanol–water partition coefficient (Wildman–Crippen LogP) is 2.52. The van der Waals surface area contributed by atoms with Gasteiger partial charge in [0.15, 0.2) is 5.82 Å². The zero-order chi connectivity index (χ0) is 11.5. The van der Waals surface area contributed by atoms with Crippen LogP contribution in [0.3, 0.4) is 0 Å². The van der Waals surface area contributed by atoms with E-state index in [0.29, 0.717) is 0 Å². The standard InChI is InChI=1S/C12H16N4/c1-4-13-12-11(10-6-5-7-14-10)15-8(2)9(3)16-12/h5-7,14H,4H2,1-3H3,(H,13,16). The fraction of sp³-hybridized carbons (Fsp3) is 0.333. The minimum Gasteiger partial charge on any atom is -0.368 e. The summed E-state index contributed by atoms with van der Waals surface area (Å²) >= 11 is 0. The molecule has 0 fully saturated rings. The van der Waals surface area contributed by atoms with Crippen LogP contribution in [-0.2, 0) is 0 Å². The Bertz CT molecular complexity index is 474. The highest BCUT2D eigenvalue weighted by Gasteiger charge is 2.10. The summed E-state index contributed by atoms with van der Waals surface area (Å²) in [5.74, 6) is 0.841. The lowest BCUT2D eigenvalue weighted by molar-refractivity contribution is 1.03. The largest absolute Gasteiger partial charge is 0.368 e. The number of hydrogen-bond donors (Lipinski definition) is 2. The number of nitrogens with zero attached hydrogens (tertiary/aromatic N) is 2. The maximum absolute atomic E-state index is 4.58. The molecular weight excluding hydrogens is 200 g/mol. The molecule has 0 aliphatic rings. The number of aryl methyl sites for hydroxylation is 2. The number of H-pyrrole nitrogens is 1. The van der Waals surface area contributed by atoms with Crippen LogP contribution in [0.2, 0.25) is 0 Å². The quantitative estimate of drug-likeness (QED) is 0.829. The van der Waals surface area contributed by atoms with E-state index in [1.165, 1.54) is 0 Å². The molecule has 2 aromatic rings. The van der Waals surface area contributed by atoms with Gasteiger partial charge in [0.2, 0.25) is 0 Å². The van der Waals surface area contributed by atoms with Gasteiger partial charge in [-0.3, -0.25) is 0 Å². The Hall–Kier alpha value is -1.84. The maximum Gasteiger partial charge on any atom is 0.154 e. The topological polar surface area (TPSA) is 53.6 Å². The molecule has 4 nitrogen and oxygen atoms in total. The van der Waals surface area contributed by atoms with Crippen LogP contribution in [-0.4, -0.2) is 21.5 Å². The molecule has 2 N–H and O–H groups in total. The van der Waals surface area contributed by atoms with Crippen molar-refractivity contribution in [3.8, 4) is 11.4 Å². The third-order valence-electron chi connectivity index (χ3n) is 2.50. The number of hydrogen-bond acceptors (Lipinski definition) is 3. The molecule has 0 aliphatic carbocycles. The highest BCUT2D eigenvalue weighted by Crippen LogP contribution is 2.23. The van der Waals surface area contributed by atoms with Gasteiger partial charge in [-0.1, -0.05) is 0 Å². The van der Waals surface area contributed by atoms with Crippen molar-refractivity contribution in [1.29, 1.82) is 0 Å². The van der Waals surface area contributed by atoms with Crippen LogP contribution in [0, 0.1) is 13.8 Å². The van der Waals surface area contributed by atoms with E-state index < -0.39 is 0 Å². The van der Waals surface area contributed by atoms with Crippen LogP contribution in [0.25, 0.3) is 11.4 Å². The van der Waals surface area contributed by atoms with Gasteiger partial charge in [-0.05, 0) is 32.9 Å². The van der Waals surface area contributed by atoms with Crippen LogP contribution in [0.5, 0.6) is 0 Å². The summed E-state index contributed by atoms with van der Waals surface area (Å²) < 4.78 is 0. The van der Waals surface area contributed by atoms with E-state index in [1.54, 1.807) is 0 Å². The molecule has 2 heterocycles. The first kappa shape index (κ1) is 10.7. The molecule has 0 radical (unpaired) electrons. The van der Waals surface area contributed by atoms with Crippen LogP contribution in [0.1, 0.15) is 18.3 Å². The average molecular weight is 216 g/mol. The molecule has 0 saturated heterocycles. The zero-order valence-electron chi connectivity index (χ0n) is 9.83. The molecule has 0 saturated carbocycles. The summed E-state index contributed by atoms with van der Waals surface area (Å²) in [6.07, 6.45) is 1.89. The zero-order valence-corrected chi connectivity index (χ0v) is 9.83. The monoisotopic (exact) mass is 216 g/mol. The molecule has 0 atom stereocenters. The van der Waals surface area contributed by atoms with E-state index in [0.717, 1.165) is 35.1 Å². The Morgan fingerprint density at radius 1 is 1.25 bits per heavy atom. The van der Waals surface area contributed by atoms with Gasteiger partial charge in [0.25, 0.3) is 0 Å². The van der Waals surface area contributed by atoms with Gasteiger partial charge >= 0.3 is 0 Å². The predicted molar refractivity (Wildman–Crippen MR) is 65.5 cm³/mol. The molecule has 0 aliphatic heterocycles. The van der Waals surface area contributed by atoms with E-state index in [9.17, 15) is 0 Å². The van der Waals surface area contributed by atoms with Crippen LogP contribution >= 0.6 is 0 Å². The second-order valence-electron chi connectivity index (χ2n) is 3.71. The van der Waals surface area contributed by atoms with Crippen LogP contribution in [0.4, 0.5) is 5.82 Å². The summed E-state index contributed by atoms with van der Waals surface area (Å²) in [7, 11) is 0. The normalized spacial score (nSPS) is 10.4. The van der Waals surface area contributed by atoms with Gasteiger partial charge < -0.3 is 10.3 Å². The van der Waals surface area contributed by atoms with Crippen molar-refractivity contribution in [2.75, 3.05) is 11.9 Å². The Balaban J connectivity index is 2.54. The van der Waals surface area contributed by atoms with Gasteiger partial charge in [-0.25, -0.2) is 9.97 Å². The van der Waals surface area contributed by atoms with Crippen molar-refractivity contribution in [3.05, 3.63) is 29.7 Å². The summed E-state index contributed by atoms with van der Waals surface area (Å²) in [6, 6.07) is 3.96. The lowest BCUT2D eigenvalue weighted by atomic mass is 10.2. The van der Waals surface area contributed by atoms with E-state index in [1.807, 2.05) is 32.2 Å². The summed E-state index contributed by atoms with van der Waals surface area (Å²) in [4.78, 5) is 12.3. The lowest BCUT2D eigenvalue weighted by Gasteiger charge is -2.10. The molecule has 0 amide bonds. The van der Waals surface area contributed by atoms with Crippen LogP contribution < -0.4 is 5.32 Å². The highest BCUT2D eigenvalue weighted by molar-refractivity contribution is 5.68. The lowest BCUT2D eigenvalue weighted by Crippen LogP contribution is -2.06. The van der Waals surface area contributed by atoms with E-state index >= 15 is 0 Å². The van der Waals surface area contributed by atoms with Gasteiger partial charge in [0, 0.05) is 12.7 Å². The van der Waals surface area contributed by atoms with Gasteiger partial charge in [0.1, 0.15) is 5.69 Å². The molecular formula is C12H16N4. The molecule has 84 valence electrons. The Morgan fingerprint density at radius 3 is 2.62 bits per heavy atom. The summed E-state index contributed by atoms with van der Waals surface area (Å²) in [5, 5.41) is 3.24. The number of aromatic nitrogens is 3. The first-order valence-electron chi connectivity index (χ1n) is 5.45. The second-order valence-corrected chi connectivity index (χ2v) is 3.71. The van der Waals surface area contributed by atoms with Crippen molar-refractivity contribution >= 4 is 5.82 Å². The smallest absolute Gasteiger partial charge is 0.154 e. The Morgan fingerprint density at radius 2 is 2.00 bits per heavy atom.